The molecule has 2 heterocycles. The van der Waals surface area contributed by atoms with Crippen molar-refractivity contribution in [3.05, 3.63) is 60.8 Å². The van der Waals surface area contributed by atoms with Gasteiger partial charge in [-0.1, -0.05) is 36.4 Å². The van der Waals surface area contributed by atoms with E-state index in [0.717, 1.165) is 11.3 Å². The Bertz CT molecular complexity index is 977. The fraction of sp³-hybridized carbons (Fsp3) is 0.118. The lowest BCUT2D eigenvalue weighted by atomic mass is 10.1. The number of nitrogens with zero attached hydrogens (tertiary/aromatic N) is 4. The molecule has 0 aliphatic heterocycles. The molecule has 0 fully saturated rings. The van der Waals surface area contributed by atoms with Gasteiger partial charge in [-0.3, -0.25) is 0 Å². The molecule has 0 atom stereocenters. The topological polar surface area (TPSA) is 88.1 Å². The third kappa shape index (κ3) is 3.65. The van der Waals surface area contributed by atoms with Gasteiger partial charge in [0.15, 0.2) is 0 Å². The molecule has 0 saturated carbocycles. The summed E-state index contributed by atoms with van der Waals surface area (Å²) in [6.45, 7) is 0. The second-order valence-corrected chi connectivity index (χ2v) is 6.99. The van der Waals surface area contributed by atoms with Crippen LogP contribution in [0.25, 0.3) is 11.3 Å². The van der Waals surface area contributed by atoms with Crippen LogP contribution < -0.4 is 9.62 Å². The van der Waals surface area contributed by atoms with Gasteiger partial charge in [0, 0.05) is 18.8 Å². The molecule has 0 radical (unpaired) electrons. The summed E-state index contributed by atoms with van der Waals surface area (Å²) >= 11 is 0. The third-order valence-electron chi connectivity index (χ3n) is 3.62. The zero-order valence-electron chi connectivity index (χ0n) is 13.8. The molecule has 2 aromatic heterocycles. The maximum atomic E-state index is 11.9. The summed E-state index contributed by atoms with van der Waals surface area (Å²) < 4.78 is 26.0. The van der Waals surface area contributed by atoms with Gasteiger partial charge in [-0.25, -0.2) is 23.1 Å². The molecular formula is C17H17N5O2S. The van der Waals surface area contributed by atoms with Gasteiger partial charge in [0.2, 0.25) is 0 Å². The van der Waals surface area contributed by atoms with Crippen LogP contribution in [0.4, 0.5) is 11.6 Å². The summed E-state index contributed by atoms with van der Waals surface area (Å²) in [4.78, 5) is 14.3. The molecule has 128 valence electrons. The van der Waals surface area contributed by atoms with Crippen molar-refractivity contribution in [1.29, 1.82) is 0 Å². The Balaban J connectivity index is 1.97. The standard InChI is InChI=1S/C17H17N5O2S/c1-18-25(23,24)17-19-12-11-16(21-17)22(2)15-10-6-9-14(20-15)13-7-4-3-5-8-13/h3-12,18H,1-2H3. The van der Waals surface area contributed by atoms with Gasteiger partial charge in [-0.2, -0.15) is 4.98 Å². The Morgan fingerprint density at radius 1 is 0.920 bits per heavy atom. The first-order chi connectivity index (χ1) is 12.0. The second-order valence-electron chi connectivity index (χ2n) is 5.21. The molecule has 1 N–H and O–H groups in total. The number of sulfonamides is 1. The van der Waals surface area contributed by atoms with E-state index < -0.39 is 10.0 Å². The van der Waals surface area contributed by atoms with Crippen LogP contribution >= 0.6 is 0 Å². The van der Waals surface area contributed by atoms with Crippen LogP contribution in [0.2, 0.25) is 0 Å². The van der Waals surface area contributed by atoms with Gasteiger partial charge >= 0.3 is 0 Å². The highest BCUT2D eigenvalue weighted by molar-refractivity contribution is 7.89. The number of aromatic nitrogens is 3. The van der Waals surface area contributed by atoms with E-state index in [9.17, 15) is 8.42 Å². The number of benzene rings is 1. The quantitative estimate of drug-likeness (QED) is 0.706. The largest absolute Gasteiger partial charge is 0.314 e. The van der Waals surface area contributed by atoms with Crippen LogP contribution in [0, 0.1) is 0 Å². The second kappa shape index (κ2) is 6.96. The molecule has 8 heteroatoms. The minimum absolute atomic E-state index is 0.279. The van der Waals surface area contributed by atoms with Crippen LogP contribution in [0.5, 0.6) is 0 Å². The van der Waals surface area contributed by atoms with Crippen molar-refractivity contribution in [1.82, 2.24) is 19.7 Å². The molecule has 0 spiro atoms. The van der Waals surface area contributed by atoms with Gasteiger partial charge < -0.3 is 4.90 Å². The average Bonchev–Trinajstić information content (AvgIpc) is 2.68. The van der Waals surface area contributed by atoms with Crippen molar-refractivity contribution in [2.24, 2.45) is 0 Å². The molecule has 25 heavy (non-hydrogen) atoms. The van der Waals surface area contributed by atoms with Crippen molar-refractivity contribution < 1.29 is 8.42 Å². The predicted molar refractivity (Wildman–Crippen MR) is 96.0 cm³/mol. The van der Waals surface area contributed by atoms with Gasteiger partial charge in [0.05, 0.1) is 5.69 Å². The van der Waals surface area contributed by atoms with Crippen molar-refractivity contribution in [2.45, 2.75) is 5.16 Å². The average molecular weight is 355 g/mol. The Kier molecular flexibility index (Phi) is 4.73. The fourth-order valence-electron chi connectivity index (χ4n) is 2.24. The molecule has 3 rings (SSSR count). The summed E-state index contributed by atoms with van der Waals surface area (Å²) in [6.07, 6.45) is 1.41. The first-order valence-electron chi connectivity index (χ1n) is 7.54. The van der Waals surface area contributed by atoms with Gasteiger partial charge in [-0.05, 0) is 25.2 Å². The molecular weight excluding hydrogens is 338 g/mol. The summed E-state index contributed by atoms with van der Waals surface area (Å²) in [5.74, 6) is 1.08. The van der Waals surface area contributed by atoms with Gasteiger partial charge in [-0.15, -0.1) is 0 Å². The fourth-order valence-corrected chi connectivity index (χ4v) is 2.83. The Labute approximate surface area is 146 Å². The van der Waals surface area contributed by atoms with Gasteiger partial charge in [0.1, 0.15) is 11.6 Å². The maximum Gasteiger partial charge on any atom is 0.276 e. The monoisotopic (exact) mass is 355 g/mol. The number of anilines is 2. The normalized spacial score (nSPS) is 11.3. The van der Waals surface area contributed by atoms with E-state index in [0.29, 0.717) is 11.6 Å². The van der Waals surface area contributed by atoms with E-state index in [1.165, 1.54) is 13.2 Å². The van der Waals surface area contributed by atoms with Crippen molar-refractivity contribution in [3.63, 3.8) is 0 Å². The molecule has 0 aliphatic carbocycles. The zero-order valence-corrected chi connectivity index (χ0v) is 14.6. The molecule has 0 aliphatic rings. The summed E-state index contributed by atoms with van der Waals surface area (Å²) in [5.41, 5.74) is 1.82. The van der Waals surface area contributed by atoms with E-state index in [4.69, 9.17) is 0 Å². The summed E-state index contributed by atoms with van der Waals surface area (Å²) in [7, 11) is -0.614. The minimum atomic E-state index is -3.71. The van der Waals surface area contributed by atoms with E-state index in [2.05, 4.69) is 19.7 Å². The molecule has 0 unspecified atom stereocenters. The number of hydrogen-bond donors (Lipinski definition) is 1. The van der Waals surface area contributed by atoms with Crippen LogP contribution in [-0.2, 0) is 10.0 Å². The van der Waals surface area contributed by atoms with Gasteiger partial charge in [0.25, 0.3) is 15.2 Å². The minimum Gasteiger partial charge on any atom is -0.314 e. The summed E-state index contributed by atoms with van der Waals surface area (Å²) in [6, 6.07) is 17.1. The summed E-state index contributed by atoms with van der Waals surface area (Å²) in [5, 5.41) is -0.279. The van der Waals surface area contributed by atoms with Crippen molar-refractivity contribution in [3.8, 4) is 11.3 Å². The molecule has 3 aromatic rings. The molecule has 1 aromatic carbocycles. The first-order valence-corrected chi connectivity index (χ1v) is 9.02. The van der Waals surface area contributed by atoms with E-state index in [1.807, 2.05) is 48.5 Å². The van der Waals surface area contributed by atoms with Crippen molar-refractivity contribution >= 4 is 21.7 Å². The number of rotatable bonds is 5. The smallest absolute Gasteiger partial charge is 0.276 e. The highest BCUT2D eigenvalue weighted by Crippen LogP contribution is 2.24. The first kappa shape index (κ1) is 17.0. The van der Waals surface area contributed by atoms with Crippen LogP contribution in [-0.4, -0.2) is 37.5 Å². The number of pyridine rings is 1. The molecule has 0 bridgehead atoms. The van der Waals surface area contributed by atoms with E-state index >= 15 is 0 Å². The van der Waals surface area contributed by atoms with Crippen molar-refractivity contribution in [2.75, 3.05) is 19.0 Å². The van der Waals surface area contributed by atoms with E-state index in [1.54, 1.807) is 18.0 Å². The highest BCUT2D eigenvalue weighted by atomic mass is 32.2. The Morgan fingerprint density at radius 3 is 2.36 bits per heavy atom. The Hall–Kier alpha value is -2.84. The SMILES string of the molecule is CNS(=O)(=O)c1nccc(N(C)c2cccc(-c3ccccc3)n2)n1. The predicted octanol–water partition coefficient (Wildman–Crippen LogP) is 2.21. The lowest BCUT2D eigenvalue weighted by molar-refractivity contribution is 0.578. The lowest BCUT2D eigenvalue weighted by Crippen LogP contribution is -2.22. The number of hydrogen-bond acceptors (Lipinski definition) is 6. The Morgan fingerprint density at radius 2 is 1.64 bits per heavy atom. The number of nitrogens with one attached hydrogen (secondary N) is 1. The lowest BCUT2D eigenvalue weighted by Gasteiger charge is -2.18. The van der Waals surface area contributed by atoms with Crippen LogP contribution in [0.1, 0.15) is 0 Å². The highest BCUT2D eigenvalue weighted by Gasteiger charge is 2.17. The third-order valence-corrected chi connectivity index (χ3v) is 4.83. The van der Waals surface area contributed by atoms with Crippen LogP contribution in [0.15, 0.2) is 66.0 Å². The molecule has 7 nitrogen and oxygen atoms in total. The van der Waals surface area contributed by atoms with Crippen LogP contribution in [0.3, 0.4) is 0 Å². The zero-order chi connectivity index (χ0) is 17.9. The molecule has 0 saturated heterocycles. The maximum absolute atomic E-state index is 11.9. The molecule has 0 amide bonds. The van der Waals surface area contributed by atoms with E-state index in [-0.39, 0.29) is 5.16 Å².